The van der Waals surface area contributed by atoms with Crippen LogP contribution in [0.4, 0.5) is 0 Å². The number of benzene rings is 6. The van der Waals surface area contributed by atoms with Crippen LogP contribution in [0.5, 0.6) is 34.5 Å². The van der Waals surface area contributed by atoms with Crippen molar-refractivity contribution < 1.29 is 14.2 Å². The summed E-state index contributed by atoms with van der Waals surface area (Å²) >= 11 is 0. The van der Waals surface area contributed by atoms with E-state index in [4.69, 9.17) is 14.2 Å². The smallest absolute Gasteiger partial charge is 0.139 e. The summed E-state index contributed by atoms with van der Waals surface area (Å²) in [6, 6.07) is 36.5. The number of hydrogen-bond acceptors (Lipinski definition) is 3. The lowest BCUT2D eigenvalue weighted by Gasteiger charge is -2.41. The Bertz CT molecular complexity index is 2340. The molecule has 0 saturated heterocycles. The van der Waals surface area contributed by atoms with Crippen LogP contribution in [0.25, 0.3) is 0 Å². The van der Waals surface area contributed by atoms with Crippen molar-refractivity contribution in [2.45, 2.75) is 99.3 Å². The maximum absolute atomic E-state index is 7.75. The van der Waals surface area contributed by atoms with Gasteiger partial charge in [0.15, 0.2) is 0 Å². The molecule has 284 valence electrons. The molecule has 0 N–H and O–H groups in total. The summed E-state index contributed by atoms with van der Waals surface area (Å²) in [7, 11) is -2.09. The van der Waals surface area contributed by atoms with Crippen molar-refractivity contribution in [2.75, 3.05) is 0 Å². The third-order valence-corrected chi connectivity index (χ3v) is 16.7. The second kappa shape index (κ2) is 12.8. The summed E-state index contributed by atoms with van der Waals surface area (Å²) < 4.78 is 21.1. The Morgan fingerprint density at radius 1 is 0.393 bits per heavy atom. The standard InChI is InChI=1S/C51H52O3P2/c1-29-13-17-37-41(21-29)55(42-22-30(2)14-18-38(42)52-37)45-27-33(49(5,6)7)25-35-47(45)54-48-36(51(35,11)12)26-34(50(8,9)10)28-46(48)56-43-23-31(3)15-19-39(43)53-40-20-16-32(4)24-44(40)56/h13-28H,1-12H3. The highest BCUT2D eigenvalue weighted by molar-refractivity contribution is 7.81. The molecule has 5 heteroatoms. The van der Waals surface area contributed by atoms with Crippen LogP contribution in [-0.2, 0) is 16.2 Å². The Labute approximate surface area is 336 Å². The van der Waals surface area contributed by atoms with Gasteiger partial charge in [-0.1, -0.05) is 114 Å². The van der Waals surface area contributed by atoms with E-state index in [-0.39, 0.29) is 16.2 Å². The van der Waals surface area contributed by atoms with Gasteiger partial charge in [0.25, 0.3) is 0 Å². The molecule has 0 fully saturated rings. The molecule has 56 heavy (non-hydrogen) atoms. The fourth-order valence-corrected chi connectivity index (χ4v) is 13.9. The van der Waals surface area contributed by atoms with Crippen molar-refractivity contribution in [3.05, 3.63) is 142 Å². The zero-order chi connectivity index (χ0) is 39.6. The summed E-state index contributed by atoms with van der Waals surface area (Å²) in [5.74, 6) is 5.72. The van der Waals surface area contributed by atoms with Crippen molar-refractivity contribution in [2.24, 2.45) is 0 Å². The first kappa shape index (κ1) is 37.2. The fraction of sp³-hybridized carbons (Fsp3) is 0.294. The van der Waals surface area contributed by atoms with Gasteiger partial charge in [0.2, 0.25) is 0 Å². The zero-order valence-corrected chi connectivity index (χ0v) is 36.6. The molecule has 3 nitrogen and oxygen atoms in total. The van der Waals surface area contributed by atoms with Gasteiger partial charge in [0, 0.05) is 48.4 Å². The molecule has 6 aromatic carbocycles. The van der Waals surface area contributed by atoms with Gasteiger partial charge in [-0.3, -0.25) is 0 Å². The molecule has 3 heterocycles. The van der Waals surface area contributed by atoms with E-state index in [1.807, 2.05) is 0 Å². The normalized spacial score (nSPS) is 15.6. The molecule has 0 amide bonds. The van der Waals surface area contributed by atoms with Gasteiger partial charge >= 0.3 is 0 Å². The zero-order valence-electron chi connectivity index (χ0n) is 34.9. The molecule has 0 unspecified atom stereocenters. The Morgan fingerprint density at radius 2 is 0.696 bits per heavy atom. The fourth-order valence-electron chi connectivity index (χ4n) is 8.38. The van der Waals surface area contributed by atoms with E-state index in [9.17, 15) is 0 Å². The molecule has 9 rings (SSSR count). The maximum Gasteiger partial charge on any atom is 0.139 e. The molecule has 3 aliphatic heterocycles. The molecule has 0 spiro atoms. The largest absolute Gasteiger partial charge is 0.456 e. The molecular formula is C51H52O3P2. The highest BCUT2D eigenvalue weighted by Crippen LogP contribution is 2.57. The predicted molar refractivity (Wildman–Crippen MR) is 239 cm³/mol. The molecule has 0 saturated carbocycles. The number of fused-ring (bicyclic) bond motifs is 6. The SMILES string of the molecule is Cc1ccc2c(c1)P(c1cc(C(C)(C)C)cc3c1Oc1c(P4c5cc(C)ccc5Oc5ccc(C)cc54)cc(C(C)(C)C)cc1C3(C)C)c1cc(C)ccc1O2. The molecular weight excluding hydrogens is 723 g/mol. The Hall–Kier alpha value is -4.42. The van der Waals surface area contributed by atoms with Crippen LogP contribution in [0, 0.1) is 27.7 Å². The summed E-state index contributed by atoms with van der Waals surface area (Å²) in [6.45, 7) is 27.6. The lowest BCUT2D eigenvalue weighted by Crippen LogP contribution is -2.36. The van der Waals surface area contributed by atoms with Gasteiger partial charge in [-0.15, -0.1) is 0 Å². The minimum atomic E-state index is -1.05. The van der Waals surface area contributed by atoms with Crippen molar-refractivity contribution in [3.63, 3.8) is 0 Å². The van der Waals surface area contributed by atoms with E-state index in [0.717, 1.165) is 34.5 Å². The second-order valence-electron chi connectivity index (χ2n) is 18.7. The van der Waals surface area contributed by atoms with E-state index in [1.165, 1.54) is 76.3 Å². The lowest BCUT2D eigenvalue weighted by molar-refractivity contribution is 0.421. The average Bonchev–Trinajstić information content (AvgIpc) is 3.12. The molecule has 3 aliphatic rings. The number of aryl methyl sites for hydroxylation is 4. The quantitative estimate of drug-likeness (QED) is 0.164. The van der Waals surface area contributed by atoms with Gasteiger partial charge < -0.3 is 14.2 Å². The van der Waals surface area contributed by atoms with E-state index >= 15 is 0 Å². The van der Waals surface area contributed by atoms with Crippen LogP contribution in [-0.4, -0.2) is 0 Å². The number of ether oxygens (including phenoxy) is 3. The van der Waals surface area contributed by atoms with Crippen LogP contribution < -0.4 is 46.0 Å². The molecule has 0 radical (unpaired) electrons. The van der Waals surface area contributed by atoms with Crippen LogP contribution in [0.1, 0.15) is 99.9 Å². The Kier molecular flexibility index (Phi) is 8.49. The Balaban J connectivity index is 1.37. The van der Waals surface area contributed by atoms with E-state index < -0.39 is 15.8 Å². The van der Waals surface area contributed by atoms with Crippen LogP contribution >= 0.6 is 15.8 Å². The van der Waals surface area contributed by atoms with Crippen molar-refractivity contribution in [1.82, 2.24) is 0 Å². The molecule has 0 aromatic heterocycles. The first-order chi connectivity index (χ1) is 26.4. The van der Waals surface area contributed by atoms with E-state index in [0.29, 0.717) is 0 Å². The third kappa shape index (κ3) is 6.01. The van der Waals surface area contributed by atoms with Gasteiger partial charge in [0.1, 0.15) is 34.5 Å². The first-order valence-corrected chi connectivity index (χ1v) is 22.5. The molecule has 6 aromatic rings. The van der Waals surface area contributed by atoms with Gasteiger partial charge in [-0.25, -0.2) is 0 Å². The number of rotatable bonds is 2. The van der Waals surface area contributed by atoms with Gasteiger partial charge in [-0.2, -0.15) is 0 Å². The monoisotopic (exact) mass is 774 g/mol. The average molecular weight is 775 g/mol. The molecule has 0 bridgehead atoms. The van der Waals surface area contributed by atoms with E-state index in [2.05, 4.69) is 180 Å². The van der Waals surface area contributed by atoms with E-state index in [1.54, 1.807) is 0 Å². The summed E-state index contributed by atoms with van der Waals surface area (Å²) in [4.78, 5) is 0. The highest BCUT2D eigenvalue weighted by Gasteiger charge is 2.44. The lowest BCUT2D eigenvalue weighted by atomic mass is 9.72. The molecule has 0 aliphatic carbocycles. The topological polar surface area (TPSA) is 27.7 Å². The minimum Gasteiger partial charge on any atom is -0.456 e. The minimum absolute atomic E-state index is 0.0838. The maximum atomic E-state index is 7.75. The first-order valence-electron chi connectivity index (χ1n) is 19.8. The summed E-state index contributed by atoms with van der Waals surface area (Å²) in [5, 5.41) is 7.46. The van der Waals surface area contributed by atoms with Crippen LogP contribution in [0.2, 0.25) is 0 Å². The van der Waals surface area contributed by atoms with Crippen molar-refractivity contribution >= 4 is 47.7 Å². The van der Waals surface area contributed by atoms with Crippen LogP contribution in [0.3, 0.4) is 0 Å². The van der Waals surface area contributed by atoms with Crippen LogP contribution in [0.15, 0.2) is 97.1 Å². The van der Waals surface area contributed by atoms with Gasteiger partial charge in [0.05, 0.1) is 0 Å². The van der Waals surface area contributed by atoms with Crippen molar-refractivity contribution in [3.8, 4) is 34.5 Å². The van der Waals surface area contributed by atoms with Gasteiger partial charge in [-0.05, 0) is 126 Å². The second-order valence-corrected chi connectivity index (χ2v) is 23.0. The molecule has 0 atom stereocenters. The number of hydrogen-bond donors (Lipinski definition) is 0. The predicted octanol–water partition coefficient (Wildman–Crippen LogP) is 11.7. The highest BCUT2D eigenvalue weighted by atomic mass is 31.1. The van der Waals surface area contributed by atoms with Crippen molar-refractivity contribution in [1.29, 1.82) is 0 Å². The summed E-state index contributed by atoms with van der Waals surface area (Å²) in [6.07, 6.45) is 0. The Morgan fingerprint density at radius 3 is 0.982 bits per heavy atom. The third-order valence-electron chi connectivity index (χ3n) is 11.8. The summed E-state index contributed by atoms with van der Waals surface area (Å²) in [5.41, 5.74) is 9.50.